The second kappa shape index (κ2) is 8.48. The number of likely N-dealkylation sites (tertiary alicyclic amines) is 1. The van der Waals surface area contributed by atoms with Gasteiger partial charge in [-0.15, -0.1) is 0 Å². The number of carbonyl (C=O) groups excluding carboxylic acids is 1. The molecular weight excluding hydrogens is 390 g/mol. The first-order chi connectivity index (χ1) is 14.5. The second-order valence-electron chi connectivity index (χ2n) is 7.10. The van der Waals surface area contributed by atoms with Gasteiger partial charge in [0.25, 0.3) is 12.3 Å². The number of fused-ring (bicyclic) bond motifs is 1. The van der Waals surface area contributed by atoms with Crippen LogP contribution in [0, 0.1) is 5.41 Å². The monoisotopic (exact) mass is 410 g/mol. The average molecular weight is 410 g/mol. The molecule has 0 spiro atoms. The number of aromatic nitrogens is 2. The molecule has 1 aliphatic carbocycles. The molecule has 2 aromatic rings. The van der Waals surface area contributed by atoms with E-state index in [0.29, 0.717) is 11.5 Å². The lowest BCUT2D eigenvalue weighted by Crippen LogP contribution is -2.35. The number of pyridine rings is 2. The van der Waals surface area contributed by atoms with Gasteiger partial charge in [0.1, 0.15) is 11.5 Å². The minimum absolute atomic E-state index is 0.0989. The Balaban J connectivity index is 1.38. The van der Waals surface area contributed by atoms with Gasteiger partial charge in [-0.1, -0.05) is 0 Å². The number of anilines is 1. The summed E-state index contributed by atoms with van der Waals surface area (Å²) in [7, 11) is 0. The maximum Gasteiger partial charge on any atom is 0.280 e. The molecule has 2 aliphatic rings. The van der Waals surface area contributed by atoms with Gasteiger partial charge in [0.05, 0.1) is 23.8 Å². The molecule has 4 rings (SSSR count). The van der Waals surface area contributed by atoms with Crippen molar-refractivity contribution in [2.24, 2.45) is 4.99 Å². The first kappa shape index (κ1) is 19.8. The normalized spacial score (nSPS) is 16.8. The fourth-order valence-corrected chi connectivity index (χ4v) is 3.33. The Bertz CT molecular complexity index is 1040. The Morgan fingerprint density at radius 2 is 2.03 bits per heavy atom. The van der Waals surface area contributed by atoms with E-state index < -0.39 is 18.0 Å². The molecule has 0 aromatic carbocycles. The van der Waals surface area contributed by atoms with Crippen LogP contribution in [0.2, 0.25) is 0 Å². The van der Waals surface area contributed by atoms with Crippen molar-refractivity contribution in [2.75, 3.05) is 18.4 Å². The van der Waals surface area contributed by atoms with E-state index in [2.05, 4.69) is 20.3 Å². The van der Waals surface area contributed by atoms with Gasteiger partial charge in [-0.3, -0.25) is 25.2 Å². The van der Waals surface area contributed by atoms with Crippen LogP contribution in [0.15, 0.2) is 41.8 Å². The number of aliphatic imine (C=N–C) groups is 1. The molecule has 0 unspecified atom stereocenters. The molecule has 3 heterocycles. The van der Waals surface area contributed by atoms with Crippen molar-refractivity contribution in [3.05, 3.63) is 59.3 Å². The van der Waals surface area contributed by atoms with Crippen LogP contribution in [0.1, 0.15) is 53.0 Å². The summed E-state index contributed by atoms with van der Waals surface area (Å²) in [5.74, 6) is -0.113. The highest BCUT2D eigenvalue weighted by Gasteiger charge is 2.27. The van der Waals surface area contributed by atoms with Gasteiger partial charge in [0, 0.05) is 42.2 Å². The van der Waals surface area contributed by atoms with Crippen molar-refractivity contribution >= 4 is 29.2 Å². The lowest BCUT2D eigenvalue weighted by molar-refractivity contribution is 0.102. The molecule has 154 valence electrons. The predicted molar refractivity (Wildman–Crippen MR) is 110 cm³/mol. The minimum Gasteiger partial charge on any atom is -0.356 e. The lowest BCUT2D eigenvalue weighted by Gasteiger charge is -2.26. The summed E-state index contributed by atoms with van der Waals surface area (Å²) in [5.41, 5.74) is 2.61. The summed E-state index contributed by atoms with van der Waals surface area (Å²) in [4.78, 5) is 26.4. The van der Waals surface area contributed by atoms with Crippen molar-refractivity contribution < 1.29 is 13.6 Å². The number of amides is 1. The minimum atomic E-state index is -2.74. The van der Waals surface area contributed by atoms with Crippen LogP contribution < -0.4 is 5.32 Å². The average Bonchev–Trinajstić information content (AvgIpc) is 3.46. The number of hydrogen-bond acceptors (Lipinski definition) is 5. The number of nitrogens with one attached hydrogen (secondary N) is 2. The number of piperidine rings is 1. The van der Waals surface area contributed by atoms with Crippen LogP contribution in [0.3, 0.4) is 0 Å². The topological polar surface area (TPSA) is 94.3 Å². The Hall–Kier alpha value is -3.49. The van der Waals surface area contributed by atoms with Crippen LogP contribution in [0.25, 0.3) is 5.57 Å². The third-order valence-corrected chi connectivity index (χ3v) is 4.99. The van der Waals surface area contributed by atoms with Crippen molar-refractivity contribution in [3.63, 3.8) is 0 Å². The third kappa shape index (κ3) is 4.40. The Morgan fingerprint density at radius 1 is 1.23 bits per heavy atom. The largest absolute Gasteiger partial charge is 0.356 e. The van der Waals surface area contributed by atoms with E-state index >= 15 is 0 Å². The molecular formula is C21H20F2N6O. The third-order valence-electron chi connectivity index (χ3n) is 4.99. The smallest absolute Gasteiger partial charge is 0.280 e. The molecule has 0 saturated carbocycles. The van der Waals surface area contributed by atoms with E-state index in [4.69, 9.17) is 5.41 Å². The molecule has 0 bridgehead atoms. The van der Waals surface area contributed by atoms with Crippen LogP contribution in [0.4, 0.5) is 14.5 Å². The quantitative estimate of drug-likeness (QED) is 0.493. The highest BCUT2D eigenvalue weighted by atomic mass is 19.3. The molecule has 2 N–H and O–H groups in total. The predicted octanol–water partition coefficient (Wildman–Crippen LogP) is 3.90. The molecule has 1 fully saturated rings. The van der Waals surface area contributed by atoms with E-state index in [-0.39, 0.29) is 5.56 Å². The van der Waals surface area contributed by atoms with E-state index in [1.54, 1.807) is 12.3 Å². The Kier molecular flexibility index (Phi) is 5.60. The number of carbonyl (C=O) groups is 1. The van der Waals surface area contributed by atoms with Crippen molar-refractivity contribution in [3.8, 4) is 0 Å². The van der Waals surface area contributed by atoms with Crippen LogP contribution >= 0.6 is 0 Å². The molecule has 1 amide bonds. The Labute approximate surface area is 172 Å². The lowest BCUT2D eigenvalue weighted by atomic mass is 10.1. The number of halogens is 2. The summed E-state index contributed by atoms with van der Waals surface area (Å²) in [6, 6.07) is 4.20. The Morgan fingerprint density at radius 3 is 2.80 bits per heavy atom. The number of nitrogens with zero attached hydrogens (tertiary/aromatic N) is 4. The van der Waals surface area contributed by atoms with E-state index in [9.17, 15) is 13.6 Å². The van der Waals surface area contributed by atoms with Crippen molar-refractivity contribution in [1.82, 2.24) is 14.9 Å². The summed E-state index contributed by atoms with van der Waals surface area (Å²) in [6.07, 6.45) is 6.54. The zero-order chi connectivity index (χ0) is 21.1. The zero-order valence-electron chi connectivity index (χ0n) is 16.1. The number of amidine groups is 1. The fraction of sp³-hybridized carbons (Fsp3) is 0.286. The summed E-state index contributed by atoms with van der Waals surface area (Å²) in [6.45, 7) is 1.78. The second-order valence-corrected chi connectivity index (χ2v) is 7.10. The van der Waals surface area contributed by atoms with E-state index in [1.165, 1.54) is 31.1 Å². The fourth-order valence-electron chi connectivity index (χ4n) is 3.33. The standard InChI is InChI=1S/C21H20F2N6O/c22-20(23)17-8-13(4-5-26-17)21(30)28-14-9-15-16(19(15)27-10-14)11-25-12-18(24)29-6-2-1-3-7-29/h4-5,8-12,20,24H,1-3,6-7H2,(H,28,30)/b16-11-,24-18?,25-12-. The molecule has 1 saturated heterocycles. The molecule has 2 aromatic heterocycles. The number of alkyl halides is 2. The van der Waals surface area contributed by atoms with Gasteiger partial charge in [0.15, 0.2) is 0 Å². The zero-order valence-corrected chi connectivity index (χ0v) is 16.1. The molecule has 30 heavy (non-hydrogen) atoms. The van der Waals surface area contributed by atoms with Gasteiger partial charge in [-0.2, -0.15) is 0 Å². The van der Waals surface area contributed by atoms with Gasteiger partial charge in [-0.05, 0) is 37.5 Å². The van der Waals surface area contributed by atoms with Crippen molar-refractivity contribution in [2.45, 2.75) is 25.7 Å². The summed E-state index contributed by atoms with van der Waals surface area (Å²) < 4.78 is 25.5. The maximum atomic E-state index is 12.8. The molecule has 9 heteroatoms. The summed E-state index contributed by atoms with van der Waals surface area (Å²) in [5, 5.41) is 10.7. The molecule has 0 radical (unpaired) electrons. The van der Waals surface area contributed by atoms with Gasteiger partial charge in [0.2, 0.25) is 0 Å². The molecule has 0 atom stereocenters. The summed E-state index contributed by atoms with van der Waals surface area (Å²) >= 11 is 0. The van der Waals surface area contributed by atoms with Crippen LogP contribution in [-0.2, 0) is 0 Å². The molecule has 7 nitrogen and oxygen atoms in total. The molecule has 1 aliphatic heterocycles. The van der Waals surface area contributed by atoms with Gasteiger partial charge >= 0.3 is 0 Å². The first-order valence-corrected chi connectivity index (χ1v) is 9.66. The van der Waals surface area contributed by atoms with E-state index in [1.807, 2.05) is 4.90 Å². The highest BCUT2D eigenvalue weighted by molar-refractivity contribution is 6.28. The van der Waals surface area contributed by atoms with Gasteiger partial charge < -0.3 is 10.2 Å². The van der Waals surface area contributed by atoms with Gasteiger partial charge in [-0.25, -0.2) is 8.78 Å². The first-order valence-electron chi connectivity index (χ1n) is 9.66. The SMILES string of the molecule is N=C(/C=N\C=C1\c2cc(NC(=O)c3ccnc(C(F)F)c3)cnc21)N1CCCCC1. The number of hydrogen-bond donors (Lipinski definition) is 2. The highest BCUT2D eigenvalue weighted by Crippen LogP contribution is 2.41. The number of rotatable bonds is 5. The van der Waals surface area contributed by atoms with E-state index in [0.717, 1.165) is 48.8 Å². The maximum absolute atomic E-state index is 12.8. The van der Waals surface area contributed by atoms with Crippen molar-refractivity contribution in [1.29, 1.82) is 5.41 Å². The van der Waals surface area contributed by atoms with Crippen LogP contribution in [-0.4, -0.2) is 45.9 Å². The van der Waals surface area contributed by atoms with Crippen LogP contribution in [0.5, 0.6) is 0 Å².